The van der Waals surface area contributed by atoms with Crippen molar-refractivity contribution >= 4 is 16.7 Å². The van der Waals surface area contributed by atoms with E-state index in [9.17, 15) is 4.79 Å². The second-order valence-electron chi connectivity index (χ2n) is 7.94. The molecular formula is C24H28N2O2. The fourth-order valence-electron chi connectivity index (χ4n) is 3.16. The quantitative estimate of drug-likeness (QED) is 0.642. The van der Waals surface area contributed by atoms with E-state index < -0.39 is 0 Å². The van der Waals surface area contributed by atoms with Crippen LogP contribution in [0.5, 0.6) is 5.75 Å². The number of benzene rings is 3. The van der Waals surface area contributed by atoms with E-state index in [1.54, 1.807) is 0 Å². The zero-order valence-corrected chi connectivity index (χ0v) is 16.8. The van der Waals surface area contributed by atoms with Gasteiger partial charge in [0, 0.05) is 24.2 Å². The van der Waals surface area contributed by atoms with Gasteiger partial charge in [0.25, 0.3) is 5.91 Å². The topological polar surface area (TPSA) is 50.4 Å². The van der Waals surface area contributed by atoms with Crippen LogP contribution in [0.4, 0.5) is 0 Å². The third kappa shape index (κ3) is 5.57. The smallest absolute Gasteiger partial charge is 0.258 e. The van der Waals surface area contributed by atoms with Crippen molar-refractivity contribution in [2.45, 2.75) is 39.4 Å². The highest BCUT2D eigenvalue weighted by molar-refractivity contribution is 5.88. The highest BCUT2D eigenvalue weighted by Crippen LogP contribution is 2.28. The Bertz CT molecular complexity index is 930. The highest BCUT2D eigenvalue weighted by atomic mass is 16.5. The number of ether oxygens (including phenoxy) is 1. The summed E-state index contributed by atoms with van der Waals surface area (Å²) in [6.45, 7) is 7.31. The average Bonchev–Trinajstić information content (AvgIpc) is 2.66. The number of hydrogen-bond donors (Lipinski definition) is 2. The van der Waals surface area contributed by atoms with E-state index in [1.165, 1.54) is 5.56 Å². The maximum Gasteiger partial charge on any atom is 0.258 e. The predicted molar refractivity (Wildman–Crippen MR) is 114 cm³/mol. The summed E-state index contributed by atoms with van der Waals surface area (Å²) in [6.07, 6.45) is 0. The van der Waals surface area contributed by atoms with Crippen LogP contribution in [0.25, 0.3) is 10.8 Å². The first-order valence-electron chi connectivity index (χ1n) is 9.61. The summed E-state index contributed by atoms with van der Waals surface area (Å²) in [5.41, 5.74) is 2.02. The van der Waals surface area contributed by atoms with E-state index in [2.05, 4.69) is 34.9 Å². The van der Waals surface area contributed by atoms with Gasteiger partial charge in [-0.1, -0.05) is 60.7 Å². The Labute approximate surface area is 166 Å². The molecule has 4 nitrogen and oxygen atoms in total. The molecule has 0 aromatic heterocycles. The number of fused-ring (bicyclic) bond motifs is 1. The fraction of sp³-hybridized carbons (Fsp3) is 0.292. The summed E-state index contributed by atoms with van der Waals surface area (Å²) in [4.78, 5) is 12.2. The number of hydrogen-bond acceptors (Lipinski definition) is 3. The van der Waals surface area contributed by atoms with Gasteiger partial charge in [0.2, 0.25) is 0 Å². The van der Waals surface area contributed by atoms with E-state index in [1.807, 2.05) is 63.2 Å². The Kier molecular flexibility index (Phi) is 6.32. The fourth-order valence-corrected chi connectivity index (χ4v) is 3.16. The maximum atomic E-state index is 12.2. The Morgan fingerprint density at radius 3 is 2.36 bits per heavy atom. The molecule has 0 heterocycles. The van der Waals surface area contributed by atoms with Crippen molar-refractivity contribution in [3.63, 3.8) is 0 Å². The van der Waals surface area contributed by atoms with E-state index in [-0.39, 0.29) is 18.1 Å². The summed E-state index contributed by atoms with van der Waals surface area (Å²) in [6, 6.07) is 22.5. The largest absolute Gasteiger partial charge is 0.483 e. The lowest BCUT2D eigenvalue weighted by Crippen LogP contribution is -2.43. The van der Waals surface area contributed by atoms with E-state index in [4.69, 9.17) is 4.74 Å². The molecule has 0 aliphatic heterocycles. The molecule has 0 spiro atoms. The molecule has 1 amide bonds. The van der Waals surface area contributed by atoms with Crippen LogP contribution < -0.4 is 15.4 Å². The van der Waals surface area contributed by atoms with Crippen LogP contribution in [0.15, 0.2) is 66.7 Å². The van der Waals surface area contributed by atoms with Crippen LogP contribution >= 0.6 is 0 Å². The van der Waals surface area contributed by atoms with E-state index in [0.717, 1.165) is 28.6 Å². The Hall–Kier alpha value is -2.85. The molecule has 0 aliphatic rings. The first-order chi connectivity index (χ1) is 13.4. The van der Waals surface area contributed by atoms with Gasteiger partial charge in [-0.15, -0.1) is 0 Å². The van der Waals surface area contributed by atoms with E-state index >= 15 is 0 Å². The molecule has 28 heavy (non-hydrogen) atoms. The molecular weight excluding hydrogens is 348 g/mol. The number of carbonyl (C=O) groups is 1. The third-order valence-electron chi connectivity index (χ3n) is 4.34. The first kappa shape index (κ1) is 19.9. The van der Waals surface area contributed by atoms with Crippen LogP contribution in [0, 0.1) is 0 Å². The van der Waals surface area contributed by atoms with Crippen LogP contribution in [0.3, 0.4) is 0 Å². The van der Waals surface area contributed by atoms with Crippen LogP contribution in [0.2, 0.25) is 0 Å². The zero-order valence-electron chi connectivity index (χ0n) is 16.8. The van der Waals surface area contributed by atoms with Gasteiger partial charge in [-0.05, 0) is 43.2 Å². The van der Waals surface area contributed by atoms with E-state index in [0.29, 0.717) is 6.54 Å². The molecule has 0 atom stereocenters. The third-order valence-corrected chi connectivity index (χ3v) is 4.34. The standard InChI is InChI=1S/C24H28N2O2/c1-24(2,3)26-23(27)17-28-22-14-13-19-11-7-8-12-20(19)21(22)16-25-15-18-9-5-4-6-10-18/h4-14,25H,15-17H2,1-3H3,(H,26,27). The Morgan fingerprint density at radius 1 is 0.893 bits per heavy atom. The van der Waals surface area contributed by atoms with Crippen LogP contribution in [-0.2, 0) is 17.9 Å². The number of rotatable bonds is 7. The molecule has 0 saturated heterocycles. The molecule has 0 saturated carbocycles. The number of nitrogens with one attached hydrogen (secondary N) is 2. The molecule has 0 unspecified atom stereocenters. The molecule has 0 bridgehead atoms. The molecule has 0 aliphatic carbocycles. The summed E-state index contributed by atoms with van der Waals surface area (Å²) in [5, 5.41) is 8.72. The molecule has 146 valence electrons. The van der Waals surface area contributed by atoms with Crippen LogP contribution in [-0.4, -0.2) is 18.1 Å². The number of amides is 1. The average molecular weight is 377 g/mol. The van der Waals surface area contributed by atoms with Gasteiger partial charge in [-0.3, -0.25) is 4.79 Å². The van der Waals surface area contributed by atoms with Crippen molar-refractivity contribution < 1.29 is 9.53 Å². The van der Waals surface area contributed by atoms with Crippen LogP contribution in [0.1, 0.15) is 31.9 Å². The van der Waals surface area contributed by atoms with Crippen molar-refractivity contribution in [3.8, 4) is 5.75 Å². The normalized spacial score (nSPS) is 11.4. The van der Waals surface area contributed by atoms with Gasteiger partial charge in [0.1, 0.15) is 5.75 Å². The van der Waals surface area contributed by atoms with Crippen molar-refractivity contribution in [1.29, 1.82) is 0 Å². The van der Waals surface area contributed by atoms with Gasteiger partial charge in [-0.25, -0.2) is 0 Å². The highest BCUT2D eigenvalue weighted by Gasteiger charge is 2.15. The SMILES string of the molecule is CC(C)(C)NC(=O)COc1ccc2ccccc2c1CNCc1ccccc1. The molecule has 4 heteroatoms. The lowest BCUT2D eigenvalue weighted by atomic mass is 10.0. The Balaban J connectivity index is 1.75. The van der Waals surface area contributed by atoms with Gasteiger partial charge in [0.05, 0.1) is 0 Å². The monoisotopic (exact) mass is 376 g/mol. The summed E-state index contributed by atoms with van der Waals surface area (Å²) in [7, 11) is 0. The molecule has 0 fully saturated rings. The van der Waals surface area contributed by atoms with Gasteiger partial charge in [-0.2, -0.15) is 0 Å². The van der Waals surface area contributed by atoms with Crippen molar-refractivity contribution in [3.05, 3.63) is 77.9 Å². The van der Waals surface area contributed by atoms with Crippen molar-refractivity contribution in [2.75, 3.05) is 6.61 Å². The van der Waals surface area contributed by atoms with Crippen molar-refractivity contribution in [1.82, 2.24) is 10.6 Å². The zero-order chi connectivity index (χ0) is 20.0. The minimum atomic E-state index is -0.274. The maximum absolute atomic E-state index is 12.2. The minimum Gasteiger partial charge on any atom is -0.483 e. The molecule has 0 radical (unpaired) electrons. The van der Waals surface area contributed by atoms with Gasteiger partial charge >= 0.3 is 0 Å². The second kappa shape index (κ2) is 8.89. The Morgan fingerprint density at radius 2 is 1.61 bits per heavy atom. The molecule has 2 N–H and O–H groups in total. The summed E-state index contributed by atoms with van der Waals surface area (Å²) >= 11 is 0. The molecule has 3 aromatic carbocycles. The predicted octanol–water partition coefficient (Wildman–Crippen LogP) is 4.42. The summed E-state index contributed by atoms with van der Waals surface area (Å²) < 4.78 is 5.90. The first-order valence-corrected chi connectivity index (χ1v) is 9.61. The van der Waals surface area contributed by atoms with Gasteiger partial charge < -0.3 is 15.4 Å². The minimum absolute atomic E-state index is 0.00129. The van der Waals surface area contributed by atoms with Crippen molar-refractivity contribution in [2.24, 2.45) is 0 Å². The lowest BCUT2D eigenvalue weighted by Gasteiger charge is -2.21. The molecule has 3 aromatic rings. The number of carbonyl (C=O) groups excluding carboxylic acids is 1. The lowest BCUT2D eigenvalue weighted by molar-refractivity contribution is -0.124. The summed E-state index contributed by atoms with van der Waals surface area (Å²) in [5.74, 6) is 0.618. The second-order valence-corrected chi connectivity index (χ2v) is 7.94. The molecule has 3 rings (SSSR count). The van der Waals surface area contributed by atoms with Gasteiger partial charge in [0.15, 0.2) is 6.61 Å².